The third kappa shape index (κ3) is 1.60. The lowest BCUT2D eigenvalue weighted by atomic mass is 10.1. The maximum absolute atomic E-state index is 10.4. The van der Waals surface area contributed by atoms with Gasteiger partial charge in [0.05, 0.1) is 12.0 Å². The lowest BCUT2D eigenvalue weighted by Gasteiger charge is -2.05. The largest absolute Gasteiger partial charge is 0.481 e. The zero-order chi connectivity index (χ0) is 7.72. The maximum atomic E-state index is 10.4. The molecule has 0 aromatic heterocycles. The first kappa shape index (κ1) is 8.26. The van der Waals surface area contributed by atoms with Crippen LogP contribution in [0.1, 0.15) is 12.8 Å². The SMILES string of the molecule is O=C(O)[C@H]1C[C@@H](O)C[C@H]1I. The molecule has 1 aliphatic carbocycles. The minimum atomic E-state index is -0.782. The summed E-state index contributed by atoms with van der Waals surface area (Å²) < 4.78 is 0.102. The predicted molar refractivity (Wildman–Crippen MR) is 44.2 cm³/mol. The number of hydrogen-bond acceptors (Lipinski definition) is 2. The molecular weight excluding hydrogens is 247 g/mol. The van der Waals surface area contributed by atoms with E-state index >= 15 is 0 Å². The molecule has 0 unspecified atom stereocenters. The molecule has 4 heteroatoms. The molecule has 0 heterocycles. The monoisotopic (exact) mass is 256 g/mol. The van der Waals surface area contributed by atoms with Gasteiger partial charge in [0.15, 0.2) is 0 Å². The Morgan fingerprint density at radius 1 is 1.50 bits per heavy atom. The molecule has 0 aromatic carbocycles. The van der Waals surface area contributed by atoms with Crippen LogP contribution in [0.2, 0.25) is 0 Å². The van der Waals surface area contributed by atoms with Gasteiger partial charge in [-0.3, -0.25) is 4.79 Å². The summed E-state index contributed by atoms with van der Waals surface area (Å²) >= 11 is 2.08. The average molecular weight is 256 g/mol. The second kappa shape index (κ2) is 3.04. The summed E-state index contributed by atoms with van der Waals surface area (Å²) in [6.45, 7) is 0. The van der Waals surface area contributed by atoms with Crippen LogP contribution in [0.5, 0.6) is 0 Å². The van der Waals surface area contributed by atoms with Gasteiger partial charge >= 0.3 is 5.97 Å². The molecule has 2 N–H and O–H groups in total. The zero-order valence-electron chi connectivity index (χ0n) is 5.33. The summed E-state index contributed by atoms with van der Waals surface area (Å²) in [7, 11) is 0. The van der Waals surface area contributed by atoms with Gasteiger partial charge in [-0.05, 0) is 12.8 Å². The van der Waals surface area contributed by atoms with Crippen LogP contribution in [0.4, 0.5) is 0 Å². The first-order chi connectivity index (χ1) is 4.61. The van der Waals surface area contributed by atoms with Crippen molar-refractivity contribution in [2.45, 2.75) is 22.9 Å². The Balaban J connectivity index is 2.54. The van der Waals surface area contributed by atoms with E-state index in [2.05, 4.69) is 22.6 Å². The second-order valence-electron chi connectivity index (χ2n) is 2.59. The van der Waals surface area contributed by atoms with Crippen molar-refractivity contribution < 1.29 is 15.0 Å². The molecule has 1 fully saturated rings. The van der Waals surface area contributed by atoms with Crippen LogP contribution in [0.25, 0.3) is 0 Å². The van der Waals surface area contributed by atoms with E-state index in [4.69, 9.17) is 10.2 Å². The first-order valence-electron chi connectivity index (χ1n) is 3.16. The second-order valence-corrected chi connectivity index (χ2v) is 4.19. The number of carboxylic acid groups (broad SMARTS) is 1. The highest BCUT2D eigenvalue weighted by Gasteiger charge is 2.36. The molecule has 1 saturated carbocycles. The van der Waals surface area contributed by atoms with Crippen molar-refractivity contribution in [2.24, 2.45) is 5.92 Å². The minimum absolute atomic E-state index is 0.102. The van der Waals surface area contributed by atoms with E-state index in [0.29, 0.717) is 12.8 Å². The van der Waals surface area contributed by atoms with Crippen molar-refractivity contribution in [2.75, 3.05) is 0 Å². The third-order valence-corrected chi connectivity index (χ3v) is 3.15. The summed E-state index contributed by atoms with van der Waals surface area (Å²) in [5.74, 6) is -1.12. The fourth-order valence-corrected chi connectivity index (χ4v) is 2.40. The Labute approximate surface area is 72.6 Å². The van der Waals surface area contributed by atoms with Crippen LogP contribution in [-0.2, 0) is 4.79 Å². The van der Waals surface area contributed by atoms with E-state index < -0.39 is 12.1 Å². The molecule has 0 bridgehead atoms. The van der Waals surface area contributed by atoms with Crippen LogP contribution in [0, 0.1) is 5.92 Å². The molecule has 0 aromatic rings. The summed E-state index contributed by atoms with van der Waals surface area (Å²) in [6, 6.07) is 0. The number of carboxylic acids is 1. The highest BCUT2D eigenvalue weighted by atomic mass is 127. The fraction of sp³-hybridized carbons (Fsp3) is 0.833. The van der Waals surface area contributed by atoms with E-state index in [1.807, 2.05) is 0 Å². The van der Waals surface area contributed by atoms with Crippen molar-refractivity contribution in [1.29, 1.82) is 0 Å². The van der Waals surface area contributed by atoms with E-state index in [0.717, 1.165) is 0 Å². The number of aliphatic hydroxyl groups excluding tert-OH is 1. The van der Waals surface area contributed by atoms with Crippen LogP contribution in [-0.4, -0.2) is 26.2 Å². The number of carbonyl (C=O) groups is 1. The number of aliphatic hydroxyl groups is 1. The minimum Gasteiger partial charge on any atom is -0.481 e. The quantitative estimate of drug-likeness (QED) is 0.534. The first-order valence-corrected chi connectivity index (χ1v) is 4.40. The van der Waals surface area contributed by atoms with Crippen LogP contribution >= 0.6 is 22.6 Å². The van der Waals surface area contributed by atoms with Gasteiger partial charge in [-0.25, -0.2) is 0 Å². The average Bonchev–Trinajstić information content (AvgIpc) is 2.10. The molecule has 3 nitrogen and oxygen atoms in total. The molecule has 0 spiro atoms. The Morgan fingerprint density at radius 2 is 2.10 bits per heavy atom. The number of halogens is 1. The molecule has 10 heavy (non-hydrogen) atoms. The van der Waals surface area contributed by atoms with Crippen molar-refractivity contribution >= 4 is 28.6 Å². The van der Waals surface area contributed by atoms with Crippen molar-refractivity contribution in [3.05, 3.63) is 0 Å². The van der Waals surface area contributed by atoms with E-state index in [9.17, 15) is 4.79 Å². The summed E-state index contributed by atoms with van der Waals surface area (Å²) in [6.07, 6.45) is 0.642. The zero-order valence-corrected chi connectivity index (χ0v) is 7.48. The number of hydrogen-bond donors (Lipinski definition) is 2. The molecule has 0 radical (unpaired) electrons. The highest BCUT2D eigenvalue weighted by Crippen LogP contribution is 2.32. The molecule has 0 aliphatic heterocycles. The van der Waals surface area contributed by atoms with Crippen molar-refractivity contribution in [3.8, 4) is 0 Å². The standard InChI is InChI=1S/C6H9IO3/c7-5-2-3(8)1-4(5)6(9)10/h3-5,8H,1-2H2,(H,9,10)/t3-,4+,5-/m1/s1. The van der Waals surface area contributed by atoms with Crippen LogP contribution in [0.3, 0.4) is 0 Å². The Bertz CT molecular complexity index is 148. The van der Waals surface area contributed by atoms with Gasteiger partial charge in [0.1, 0.15) is 0 Å². The predicted octanol–water partition coefficient (Wildman–Crippen LogP) is 0.645. The molecule has 58 valence electrons. The number of alkyl halides is 1. The maximum Gasteiger partial charge on any atom is 0.307 e. The van der Waals surface area contributed by atoms with E-state index in [1.54, 1.807) is 0 Å². The van der Waals surface area contributed by atoms with Gasteiger partial charge in [-0.2, -0.15) is 0 Å². The molecule has 1 rings (SSSR count). The molecular formula is C6H9IO3. The summed E-state index contributed by atoms with van der Waals surface area (Å²) in [5.41, 5.74) is 0. The summed E-state index contributed by atoms with van der Waals surface area (Å²) in [4.78, 5) is 10.4. The van der Waals surface area contributed by atoms with Gasteiger partial charge in [0, 0.05) is 3.92 Å². The van der Waals surface area contributed by atoms with Gasteiger partial charge in [-0.15, -0.1) is 0 Å². The van der Waals surface area contributed by atoms with Crippen LogP contribution in [0.15, 0.2) is 0 Å². The van der Waals surface area contributed by atoms with Gasteiger partial charge in [0.2, 0.25) is 0 Å². The van der Waals surface area contributed by atoms with Crippen LogP contribution < -0.4 is 0 Å². The van der Waals surface area contributed by atoms with Gasteiger partial charge in [-0.1, -0.05) is 22.6 Å². The van der Waals surface area contributed by atoms with E-state index in [1.165, 1.54) is 0 Å². The van der Waals surface area contributed by atoms with Gasteiger partial charge in [0.25, 0.3) is 0 Å². The lowest BCUT2D eigenvalue weighted by molar-refractivity contribution is -0.141. The van der Waals surface area contributed by atoms with Gasteiger partial charge < -0.3 is 10.2 Å². The smallest absolute Gasteiger partial charge is 0.307 e. The molecule has 0 saturated heterocycles. The third-order valence-electron chi connectivity index (χ3n) is 1.78. The molecule has 0 amide bonds. The van der Waals surface area contributed by atoms with E-state index in [-0.39, 0.29) is 9.84 Å². The van der Waals surface area contributed by atoms with Crippen molar-refractivity contribution in [3.63, 3.8) is 0 Å². The Kier molecular flexibility index (Phi) is 2.51. The Morgan fingerprint density at radius 3 is 2.30 bits per heavy atom. The number of aliphatic carboxylic acids is 1. The normalized spacial score (nSPS) is 40.0. The lowest BCUT2D eigenvalue weighted by Crippen LogP contribution is -2.17. The number of rotatable bonds is 1. The van der Waals surface area contributed by atoms with Crippen molar-refractivity contribution in [1.82, 2.24) is 0 Å². The fourth-order valence-electron chi connectivity index (χ4n) is 1.22. The molecule has 1 aliphatic rings. The highest BCUT2D eigenvalue weighted by molar-refractivity contribution is 14.1. The Hall–Kier alpha value is 0.160. The topological polar surface area (TPSA) is 57.5 Å². The summed E-state index contributed by atoms with van der Waals surface area (Å²) in [5, 5.41) is 17.6. The molecule has 3 atom stereocenters.